The van der Waals surface area contributed by atoms with Gasteiger partial charge in [0.2, 0.25) is 0 Å². The molecule has 0 fully saturated rings. The normalized spacial score (nSPS) is 13.5. The summed E-state index contributed by atoms with van der Waals surface area (Å²) in [7, 11) is 1.75. The Morgan fingerprint density at radius 2 is 2.08 bits per heavy atom. The van der Waals surface area contributed by atoms with Gasteiger partial charge in [0.05, 0.1) is 6.61 Å². The van der Waals surface area contributed by atoms with Gasteiger partial charge in [-0.2, -0.15) is 11.8 Å². The molecule has 5 nitrogen and oxygen atoms in total. The zero-order valence-corrected chi connectivity index (χ0v) is 17.9. The van der Waals surface area contributed by atoms with Gasteiger partial charge in [0.15, 0.2) is 12.8 Å². The molecule has 0 aliphatic carbocycles. The second kappa shape index (κ2) is 12.6. The molecule has 0 saturated carbocycles. The fourth-order valence-corrected chi connectivity index (χ4v) is 3.05. The largest absolute Gasteiger partial charge is 0.467 e. The van der Waals surface area contributed by atoms with Gasteiger partial charge >= 0.3 is 0 Å². The number of hydrogen-bond donors (Lipinski definition) is 2. The third-order valence-corrected chi connectivity index (χ3v) is 4.43. The predicted octanol–water partition coefficient (Wildman–Crippen LogP) is 3.16. The van der Waals surface area contributed by atoms with E-state index in [1.807, 2.05) is 11.8 Å². The minimum absolute atomic E-state index is 0. The Morgan fingerprint density at radius 3 is 2.84 bits per heavy atom. The Bertz CT molecular complexity index is 561. The van der Waals surface area contributed by atoms with Gasteiger partial charge in [0, 0.05) is 25.7 Å². The van der Waals surface area contributed by atoms with Gasteiger partial charge in [-0.25, -0.2) is 4.39 Å². The van der Waals surface area contributed by atoms with Crippen LogP contribution >= 0.6 is 35.7 Å². The lowest BCUT2D eigenvalue weighted by molar-refractivity contribution is -0.0172. The van der Waals surface area contributed by atoms with E-state index in [1.165, 1.54) is 24.3 Å². The first-order chi connectivity index (χ1) is 11.7. The monoisotopic (exact) mass is 483 g/mol. The first-order valence-corrected chi connectivity index (χ1v) is 9.59. The molecule has 142 valence electrons. The number of benzene rings is 1. The van der Waals surface area contributed by atoms with Crippen LogP contribution < -0.4 is 15.4 Å². The molecule has 0 bridgehead atoms. The second-order valence-corrected chi connectivity index (χ2v) is 6.53. The third-order valence-electron chi connectivity index (χ3n) is 3.73. The number of unbranched alkanes of at least 4 members (excludes halogenated alkanes) is 1. The number of nitrogens with one attached hydrogen (secondary N) is 2. The number of fused-ring (bicyclic) bond motifs is 1. The number of rotatable bonds is 8. The Morgan fingerprint density at radius 1 is 1.28 bits per heavy atom. The third kappa shape index (κ3) is 7.57. The van der Waals surface area contributed by atoms with Crippen LogP contribution in [0.2, 0.25) is 0 Å². The van der Waals surface area contributed by atoms with E-state index in [2.05, 4.69) is 21.9 Å². The topological polar surface area (TPSA) is 54.9 Å². The molecular weight excluding hydrogens is 456 g/mol. The van der Waals surface area contributed by atoms with Crippen molar-refractivity contribution < 1.29 is 13.9 Å². The maximum atomic E-state index is 13.7. The molecular formula is C17H27FIN3O2S. The molecule has 1 aliphatic rings. The number of ether oxygens (including phenoxy) is 2. The summed E-state index contributed by atoms with van der Waals surface area (Å²) < 4.78 is 24.4. The molecule has 0 aromatic heterocycles. The van der Waals surface area contributed by atoms with Crippen molar-refractivity contribution in [2.75, 3.05) is 38.9 Å². The molecule has 0 unspecified atom stereocenters. The molecule has 1 aliphatic heterocycles. The second-order valence-electron chi connectivity index (χ2n) is 5.54. The Balaban J connectivity index is 0.00000312. The first-order valence-electron chi connectivity index (χ1n) is 8.20. The van der Waals surface area contributed by atoms with Crippen LogP contribution in [0.4, 0.5) is 4.39 Å². The van der Waals surface area contributed by atoms with Gasteiger partial charge in [-0.05, 0) is 49.0 Å². The van der Waals surface area contributed by atoms with Crippen molar-refractivity contribution in [3.63, 3.8) is 0 Å². The highest BCUT2D eigenvalue weighted by atomic mass is 127. The van der Waals surface area contributed by atoms with Crippen LogP contribution in [-0.4, -0.2) is 44.9 Å². The van der Waals surface area contributed by atoms with E-state index in [1.54, 1.807) is 7.05 Å². The van der Waals surface area contributed by atoms with E-state index in [-0.39, 0.29) is 36.6 Å². The molecule has 0 radical (unpaired) electrons. The number of hydrogen-bond acceptors (Lipinski definition) is 4. The highest BCUT2D eigenvalue weighted by Gasteiger charge is 2.16. The summed E-state index contributed by atoms with van der Waals surface area (Å²) in [6.07, 6.45) is 5.09. The lowest BCUT2D eigenvalue weighted by Crippen LogP contribution is -2.38. The average molecular weight is 483 g/mol. The Hall–Kier alpha value is -0.740. The van der Waals surface area contributed by atoms with Crippen LogP contribution in [0.1, 0.15) is 24.0 Å². The lowest BCUT2D eigenvalue weighted by Gasteiger charge is -2.21. The standard InChI is InChI=1S/C17H26FN3O2S.HI/c1-19-17(20-6-3-4-8-24-2)21-7-5-13-9-15(18)10-14-11-22-12-23-16(13)14;/h9-10H,3-8,11-12H2,1-2H3,(H2,19,20,21);1H. The Labute approximate surface area is 170 Å². The van der Waals surface area contributed by atoms with E-state index < -0.39 is 0 Å². The smallest absolute Gasteiger partial charge is 0.190 e. The van der Waals surface area contributed by atoms with Gasteiger partial charge in [0.25, 0.3) is 0 Å². The van der Waals surface area contributed by atoms with Crippen LogP contribution in [0.5, 0.6) is 5.75 Å². The highest BCUT2D eigenvalue weighted by Crippen LogP contribution is 2.29. The van der Waals surface area contributed by atoms with Crippen LogP contribution in [0.25, 0.3) is 0 Å². The maximum Gasteiger partial charge on any atom is 0.190 e. The van der Waals surface area contributed by atoms with Crippen molar-refractivity contribution in [2.45, 2.75) is 25.9 Å². The first kappa shape index (κ1) is 22.3. The average Bonchev–Trinajstić information content (AvgIpc) is 2.59. The SMILES string of the molecule is CN=C(NCCCCSC)NCCc1cc(F)cc2c1OCOC2.I. The summed E-state index contributed by atoms with van der Waals surface area (Å²) in [4.78, 5) is 4.21. The molecule has 0 spiro atoms. The van der Waals surface area contributed by atoms with E-state index >= 15 is 0 Å². The molecule has 1 heterocycles. The van der Waals surface area contributed by atoms with E-state index in [4.69, 9.17) is 9.47 Å². The fraction of sp³-hybridized carbons (Fsp3) is 0.588. The zero-order chi connectivity index (χ0) is 17.2. The van der Waals surface area contributed by atoms with Crippen molar-refractivity contribution in [3.05, 3.63) is 29.1 Å². The summed E-state index contributed by atoms with van der Waals surface area (Å²) in [6, 6.07) is 3.00. The van der Waals surface area contributed by atoms with E-state index in [9.17, 15) is 4.39 Å². The number of aliphatic imine (C=N–C) groups is 1. The predicted molar refractivity (Wildman–Crippen MR) is 113 cm³/mol. The molecule has 0 atom stereocenters. The molecule has 1 aromatic rings. The summed E-state index contributed by atoms with van der Waals surface area (Å²) >= 11 is 1.87. The number of halogens is 2. The zero-order valence-electron chi connectivity index (χ0n) is 14.8. The van der Waals surface area contributed by atoms with E-state index in [0.717, 1.165) is 35.8 Å². The van der Waals surface area contributed by atoms with Crippen LogP contribution in [-0.2, 0) is 17.8 Å². The lowest BCUT2D eigenvalue weighted by atomic mass is 10.1. The molecule has 1 aromatic carbocycles. The summed E-state index contributed by atoms with van der Waals surface area (Å²) in [6.45, 7) is 2.17. The van der Waals surface area contributed by atoms with Gasteiger partial charge < -0.3 is 20.1 Å². The summed E-state index contributed by atoms with van der Waals surface area (Å²) in [5, 5.41) is 6.55. The molecule has 0 saturated heterocycles. The van der Waals surface area contributed by atoms with Gasteiger partial charge in [-0.1, -0.05) is 0 Å². The van der Waals surface area contributed by atoms with Crippen LogP contribution in [0.3, 0.4) is 0 Å². The number of nitrogens with zero attached hydrogens (tertiary/aromatic N) is 1. The number of thioether (sulfide) groups is 1. The quantitative estimate of drug-likeness (QED) is 0.258. The molecule has 2 N–H and O–H groups in total. The molecule has 0 amide bonds. The maximum absolute atomic E-state index is 13.7. The van der Waals surface area contributed by atoms with Crippen molar-refractivity contribution in [3.8, 4) is 5.75 Å². The molecule has 25 heavy (non-hydrogen) atoms. The highest BCUT2D eigenvalue weighted by molar-refractivity contribution is 14.0. The van der Waals surface area contributed by atoms with Gasteiger partial charge in [-0.3, -0.25) is 4.99 Å². The van der Waals surface area contributed by atoms with Gasteiger partial charge in [0.1, 0.15) is 11.6 Å². The van der Waals surface area contributed by atoms with Crippen molar-refractivity contribution in [1.82, 2.24) is 10.6 Å². The summed E-state index contributed by atoms with van der Waals surface area (Å²) in [5.74, 6) is 2.45. The molecule has 2 rings (SSSR count). The van der Waals surface area contributed by atoms with Crippen molar-refractivity contribution >= 4 is 41.7 Å². The fourth-order valence-electron chi connectivity index (χ4n) is 2.56. The van der Waals surface area contributed by atoms with E-state index in [0.29, 0.717) is 19.6 Å². The van der Waals surface area contributed by atoms with Gasteiger partial charge in [-0.15, -0.1) is 24.0 Å². The number of guanidine groups is 1. The van der Waals surface area contributed by atoms with Crippen molar-refractivity contribution in [1.29, 1.82) is 0 Å². The van der Waals surface area contributed by atoms with Crippen LogP contribution in [0.15, 0.2) is 17.1 Å². The van der Waals surface area contributed by atoms with Crippen molar-refractivity contribution in [2.24, 2.45) is 4.99 Å². The summed E-state index contributed by atoms with van der Waals surface area (Å²) in [5.41, 5.74) is 1.63. The molecule has 8 heteroatoms. The minimum Gasteiger partial charge on any atom is -0.467 e. The van der Waals surface area contributed by atoms with Crippen LogP contribution in [0, 0.1) is 5.82 Å². The minimum atomic E-state index is -0.255. The Kier molecular flexibility index (Phi) is 11.2.